The van der Waals surface area contributed by atoms with E-state index in [4.69, 9.17) is 52.1 Å². The summed E-state index contributed by atoms with van der Waals surface area (Å²) in [6.07, 6.45) is 16.5. The first kappa shape index (κ1) is 51.1. The second kappa shape index (κ2) is 43.3. The summed E-state index contributed by atoms with van der Waals surface area (Å²) in [7, 11) is 0. The van der Waals surface area contributed by atoms with Gasteiger partial charge in [0.1, 0.15) is 19.0 Å². The second-order valence-corrected chi connectivity index (χ2v) is 13.3. The SMILES string of the molecule is CCCCCCCCC(=O)OCCOCCOCCOCCOCCOCCOCCOCCOCCOCCOc1ccc(CCCCCCCC)cc1. The molecule has 0 unspecified atom stereocenters. The van der Waals surface area contributed by atoms with Crippen LogP contribution in [-0.2, 0) is 58.6 Å². The molecule has 0 saturated carbocycles. The molecule has 1 rings (SSSR count). The van der Waals surface area contributed by atoms with E-state index in [0.717, 1.165) is 25.0 Å². The minimum atomic E-state index is -0.142. The fraction of sp³-hybridized carbons (Fsp3) is 0.837. The smallest absolute Gasteiger partial charge is 0.305 e. The van der Waals surface area contributed by atoms with Gasteiger partial charge in [-0.3, -0.25) is 4.79 Å². The summed E-state index contributed by atoms with van der Waals surface area (Å²) in [6, 6.07) is 8.43. The molecule has 1 aromatic rings. The lowest BCUT2D eigenvalue weighted by Gasteiger charge is -2.09. The number of hydrogen-bond acceptors (Lipinski definition) is 12. The lowest BCUT2D eigenvalue weighted by molar-refractivity contribution is -0.145. The lowest BCUT2D eigenvalue weighted by atomic mass is 10.0. The number of ether oxygens (including phenoxy) is 11. The van der Waals surface area contributed by atoms with Crippen LogP contribution in [0.5, 0.6) is 5.75 Å². The predicted molar refractivity (Wildman–Crippen MR) is 215 cm³/mol. The van der Waals surface area contributed by atoms with Crippen molar-refractivity contribution >= 4 is 5.97 Å². The summed E-state index contributed by atoms with van der Waals surface area (Å²) in [5.74, 6) is 0.741. The van der Waals surface area contributed by atoms with Gasteiger partial charge in [-0.1, -0.05) is 90.2 Å². The Labute approximate surface area is 333 Å². The molecule has 0 aliphatic heterocycles. The average Bonchev–Trinajstić information content (AvgIpc) is 3.20. The first-order valence-corrected chi connectivity index (χ1v) is 21.3. The van der Waals surface area contributed by atoms with E-state index in [1.807, 2.05) is 12.1 Å². The van der Waals surface area contributed by atoms with E-state index < -0.39 is 0 Å². The van der Waals surface area contributed by atoms with E-state index in [9.17, 15) is 4.79 Å². The number of unbranched alkanes of at least 4 members (excludes halogenated alkanes) is 10. The molecule has 12 nitrogen and oxygen atoms in total. The monoisotopic (exact) mass is 787 g/mol. The largest absolute Gasteiger partial charge is 0.491 e. The maximum Gasteiger partial charge on any atom is 0.305 e. The summed E-state index contributed by atoms with van der Waals surface area (Å²) < 4.78 is 60.6. The molecule has 0 bridgehead atoms. The van der Waals surface area contributed by atoms with Crippen molar-refractivity contribution in [2.24, 2.45) is 0 Å². The number of hydrogen-bond donors (Lipinski definition) is 0. The first-order valence-electron chi connectivity index (χ1n) is 21.3. The van der Waals surface area contributed by atoms with Crippen LogP contribution >= 0.6 is 0 Å². The minimum Gasteiger partial charge on any atom is -0.491 e. The standard InChI is InChI=1S/C43H78O12/c1-3-5-7-9-11-13-15-41-17-19-42(20-18-41)54-39-37-52-35-33-50-31-29-48-27-25-46-23-21-45-22-24-47-26-28-49-30-32-51-34-36-53-38-40-55-43(44)16-14-12-10-8-6-4-2/h17-20H,3-16,21-40H2,1-2H3. The Balaban J connectivity index is 1.68. The van der Waals surface area contributed by atoms with Gasteiger partial charge in [0.25, 0.3) is 0 Å². The highest BCUT2D eigenvalue weighted by molar-refractivity contribution is 5.69. The van der Waals surface area contributed by atoms with Gasteiger partial charge in [0.2, 0.25) is 0 Å². The number of esters is 1. The van der Waals surface area contributed by atoms with Crippen molar-refractivity contribution in [3.63, 3.8) is 0 Å². The van der Waals surface area contributed by atoms with Crippen LogP contribution in [0.15, 0.2) is 24.3 Å². The van der Waals surface area contributed by atoms with Crippen molar-refractivity contribution in [1.82, 2.24) is 0 Å². The zero-order chi connectivity index (χ0) is 39.4. The zero-order valence-corrected chi connectivity index (χ0v) is 34.8. The average molecular weight is 787 g/mol. The van der Waals surface area contributed by atoms with Crippen LogP contribution in [0, 0.1) is 0 Å². The van der Waals surface area contributed by atoms with E-state index >= 15 is 0 Å². The highest BCUT2D eigenvalue weighted by Crippen LogP contribution is 2.15. The zero-order valence-electron chi connectivity index (χ0n) is 34.8. The van der Waals surface area contributed by atoms with Crippen LogP contribution in [0.1, 0.15) is 103 Å². The molecule has 0 atom stereocenters. The third-order valence-corrected chi connectivity index (χ3v) is 8.44. The molecular formula is C43H78O12. The Morgan fingerprint density at radius 3 is 1.11 bits per heavy atom. The van der Waals surface area contributed by atoms with Crippen molar-refractivity contribution < 1.29 is 56.9 Å². The number of carbonyl (C=O) groups is 1. The van der Waals surface area contributed by atoms with Crippen molar-refractivity contribution in [2.75, 3.05) is 132 Å². The molecule has 0 radical (unpaired) electrons. The summed E-state index contributed by atoms with van der Waals surface area (Å²) in [5.41, 5.74) is 1.38. The summed E-state index contributed by atoms with van der Waals surface area (Å²) >= 11 is 0. The summed E-state index contributed by atoms with van der Waals surface area (Å²) in [5, 5.41) is 0. The normalized spacial score (nSPS) is 11.4. The van der Waals surface area contributed by atoms with E-state index in [0.29, 0.717) is 132 Å². The molecule has 0 saturated heterocycles. The van der Waals surface area contributed by atoms with Gasteiger partial charge >= 0.3 is 5.97 Å². The van der Waals surface area contributed by atoms with Gasteiger partial charge in [-0.25, -0.2) is 0 Å². The van der Waals surface area contributed by atoms with Crippen LogP contribution in [0.25, 0.3) is 0 Å². The van der Waals surface area contributed by atoms with Crippen molar-refractivity contribution in [2.45, 2.75) is 104 Å². The molecule has 0 spiro atoms. The predicted octanol–water partition coefficient (Wildman–Crippen LogP) is 7.41. The van der Waals surface area contributed by atoms with Gasteiger partial charge in [-0.05, 0) is 37.0 Å². The molecule has 0 aliphatic carbocycles. The Morgan fingerprint density at radius 2 is 0.709 bits per heavy atom. The maximum atomic E-state index is 11.7. The van der Waals surface area contributed by atoms with Gasteiger partial charge in [0.15, 0.2) is 0 Å². The highest BCUT2D eigenvalue weighted by Gasteiger charge is 2.03. The lowest BCUT2D eigenvalue weighted by Crippen LogP contribution is -2.15. The van der Waals surface area contributed by atoms with Gasteiger partial charge in [0, 0.05) is 6.42 Å². The Bertz CT molecular complexity index is 904. The molecule has 0 N–H and O–H groups in total. The van der Waals surface area contributed by atoms with Crippen LogP contribution in [0.2, 0.25) is 0 Å². The van der Waals surface area contributed by atoms with Gasteiger partial charge in [-0.2, -0.15) is 0 Å². The fourth-order valence-electron chi connectivity index (χ4n) is 5.28. The molecule has 12 heteroatoms. The second-order valence-electron chi connectivity index (χ2n) is 13.3. The first-order chi connectivity index (χ1) is 27.3. The van der Waals surface area contributed by atoms with Gasteiger partial charge in [0.05, 0.1) is 119 Å². The van der Waals surface area contributed by atoms with Crippen molar-refractivity contribution in [1.29, 1.82) is 0 Å². The molecule has 0 aliphatic rings. The molecule has 322 valence electrons. The summed E-state index contributed by atoms with van der Waals surface area (Å²) in [4.78, 5) is 11.7. The van der Waals surface area contributed by atoms with E-state index in [-0.39, 0.29) is 12.6 Å². The highest BCUT2D eigenvalue weighted by atomic mass is 16.6. The van der Waals surface area contributed by atoms with E-state index in [2.05, 4.69) is 26.0 Å². The topological polar surface area (TPSA) is 119 Å². The van der Waals surface area contributed by atoms with Gasteiger partial charge < -0.3 is 52.1 Å². The van der Waals surface area contributed by atoms with Crippen LogP contribution in [0.3, 0.4) is 0 Å². The molecule has 1 aromatic carbocycles. The van der Waals surface area contributed by atoms with Crippen molar-refractivity contribution in [3.05, 3.63) is 29.8 Å². The maximum absolute atomic E-state index is 11.7. The molecule has 0 aromatic heterocycles. The number of aryl methyl sites for hydroxylation is 1. The Hall–Kier alpha value is -1.87. The van der Waals surface area contributed by atoms with Crippen LogP contribution in [0.4, 0.5) is 0 Å². The van der Waals surface area contributed by atoms with Crippen molar-refractivity contribution in [3.8, 4) is 5.75 Å². The van der Waals surface area contributed by atoms with E-state index in [1.54, 1.807) is 0 Å². The number of benzene rings is 1. The molecular weight excluding hydrogens is 708 g/mol. The number of rotatable bonds is 45. The van der Waals surface area contributed by atoms with Crippen LogP contribution in [-0.4, -0.2) is 138 Å². The molecule has 0 heterocycles. The molecule has 55 heavy (non-hydrogen) atoms. The third kappa shape index (κ3) is 38.8. The van der Waals surface area contributed by atoms with Crippen LogP contribution < -0.4 is 4.74 Å². The third-order valence-electron chi connectivity index (χ3n) is 8.44. The molecule has 0 amide bonds. The fourth-order valence-corrected chi connectivity index (χ4v) is 5.28. The van der Waals surface area contributed by atoms with E-state index in [1.165, 1.54) is 69.8 Å². The number of carbonyl (C=O) groups excluding carboxylic acids is 1. The van der Waals surface area contributed by atoms with Gasteiger partial charge in [-0.15, -0.1) is 0 Å². The minimum absolute atomic E-state index is 0.142. The quantitative estimate of drug-likeness (QED) is 0.0484. The summed E-state index contributed by atoms with van der Waals surface area (Å²) in [6.45, 7) is 14.2. The Kier molecular flexibility index (Phi) is 40.2. The Morgan fingerprint density at radius 1 is 0.382 bits per heavy atom. The molecule has 0 fully saturated rings.